The summed E-state index contributed by atoms with van der Waals surface area (Å²) in [5.74, 6) is -0.572. The molecule has 0 aliphatic rings. The standard InChI is InChI=1S/C6H9N3O3/c1-9-3-2-5(8-9)6(10)12-4-7-11/h2-3,7,11H,4H2,1H3. The summed E-state index contributed by atoms with van der Waals surface area (Å²) in [6.45, 7) is -0.241. The van der Waals surface area contributed by atoms with Gasteiger partial charge in [-0.15, -0.1) is 0 Å². The summed E-state index contributed by atoms with van der Waals surface area (Å²) in [5, 5.41) is 11.9. The van der Waals surface area contributed by atoms with Crippen molar-refractivity contribution in [1.82, 2.24) is 15.3 Å². The van der Waals surface area contributed by atoms with E-state index in [0.29, 0.717) is 0 Å². The van der Waals surface area contributed by atoms with Gasteiger partial charge in [0.1, 0.15) is 0 Å². The Balaban J connectivity index is 2.53. The normalized spacial score (nSPS) is 9.83. The van der Waals surface area contributed by atoms with E-state index in [1.807, 2.05) is 0 Å². The third kappa shape index (κ3) is 2.04. The van der Waals surface area contributed by atoms with Crippen molar-refractivity contribution in [2.24, 2.45) is 7.05 Å². The molecule has 0 spiro atoms. The minimum atomic E-state index is -0.572. The minimum absolute atomic E-state index is 0.216. The van der Waals surface area contributed by atoms with Crippen LogP contribution in [0.4, 0.5) is 0 Å². The second-order valence-corrected chi connectivity index (χ2v) is 2.11. The van der Waals surface area contributed by atoms with Gasteiger partial charge in [0.25, 0.3) is 0 Å². The van der Waals surface area contributed by atoms with Crippen molar-refractivity contribution in [3.63, 3.8) is 0 Å². The number of hydrogen-bond donors (Lipinski definition) is 2. The van der Waals surface area contributed by atoms with Crippen molar-refractivity contribution >= 4 is 5.97 Å². The number of esters is 1. The Labute approximate surface area is 68.7 Å². The lowest BCUT2D eigenvalue weighted by Crippen LogP contribution is -2.17. The van der Waals surface area contributed by atoms with Gasteiger partial charge in [0.05, 0.1) is 0 Å². The zero-order chi connectivity index (χ0) is 8.97. The fourth-order valence-corrected chi connectivity index (χ4v) is 0.696. The lowest BCUT2D eigenvalue weighted by Gasteiger charge is -1.98. The van der Waals surface area contributed by atoms with E-state index in [0.717, 1.165) is 0 Å². The first kappa shape index (κ1) is 8.69. The number of hydroxylamine groups is 1. The summed E-state index contributed by atoms with van der Waals surface area (Å²) in [6, 6.07) is 1.53. The Hall–Kier alpha value is -1.40. The molecule has 12 heavy (non-hydrogen) atoms. The number of nitrogens with one attached hydrogen (secondary N) is 1. The number of carbonyl (C=O) groups is 1. The van der Waals surface area contributed by atoms with Gasteiger partial charge in [-0.25, -0.2) is 4.79 Å². The molecule has 1 aromatic rings. The van der Waals surface area contributed by atoms with Crippen LogP contribution >= 0.6 is 0 Å². The van der Waals surface area contributed by atoms with E-state index in [4.69, 9.17) is 5.21 Å². The average Bonchev–Trinajstić information content (AvgIpc) is 2.47. The van der Waals surface area contributed by atoms with Crippen LogP contribution in [0.25, 0.3) is 0 Å². The summed E-state index contributed by atoms with van der Waals surface area (Å²) in [6.07, 6.45) is 1.63. The van der Waals surface area contributed by atoms with Crippen molar-refractivity contribution < 1.29 is 14.7 Å². The maximum Gasteiger partial charge on any atom is 0.360 e. The topological polar surface area (TPSA) is 76.4 Å². The van der Waals surface area contributed by atoms with Gasteiger partial charge >= 0.3 is 5.97 Å². The summed E-state index contributed by atoms with van der Waals surface area (Å²) >= 11 is 0. The molecule has 1 rings (SSSR count). The van der Waals surface area contributed by atoms with Crippen molar-refractivity contribution in [2.45, 2.75) is 0 Å². The smallest absolute Gasteiger partial charge is 0.360 e. The Kier molecular flexibility index (Phi) is 2.78. The van der Waals surface area contributed by atoms with E-state index >= 15 is 0 Å². The van der Waals surface area contributed by atoms with Gasteiger partial charge in [0, 0.05) is 13.2 Å². The summed E-state index contributed by atoms with van der Waals surface area (Å²) < 4.78 is 6.00. The van der Waals surface area contributed by atoms with Gasteiger partial charge in [-0.2, -0.15) is 10.6 Å². The van der Waals surface area contributed by atoms with Crippen LogP contribution < -0.4 is 5.48 Å². The molecule has 0 amide bonds. The van der Waals surface area contributed by atoms with E-state index in [9.17, 15) is 4.79 Å². The number of ether oxygens (including phenoxy) is 1. The molecule has 0 saturated carbocycles. The lowest BCUT2D eigenvalue weighted by molar-refractivity contribution is 0.0186. The van der Waals surface area contributed by atoms with Crippen molar-refractivity contribution in [3.05, 3.63) is 18.0 Å². The van der Waals surface area contributed by atoms with Crippen LogP contribution in [0.15, 0.2) is 12.3 Å². The van der Waals surface area contributed by atoms with Crippen LogP contribution in [-0.4, -0.2) is 27.7 Å². The first-order chi connectivity index (χ1) is 5.74. The average molecular weight is 171 g/mol. The molecule has 0 radical (unpaired) electrons. The van der Waals surface area contributed by atoms with Gasteiger partial charge < -0.3 is 9.94 Å². The largest absolute Gasteiger partial charge is 0.443 e. The van der Waals surface area contributed by atoms with Gasteiger partial charge in [0.2, 0.25) is 0 Å². The molecule has 6 heteroatoms. The molecule has 1 aromatic heterocycles. The van der Waals surface area contributed by atoms with Gasteiger partial charge in [-0.3, -0.25) is 4.68 Å². The maximum absolute atomic E-state index is 11.0. The Morgan fingerprint density at radius 1 is 1.92 bits per heavy atom. The molecule has 0 atom stereocenters. The predicted molar refractivity (Wildman–Crippen MR) is 38.4 cm³/mol. The fraction of sp³-hybridized carbons (Fsp3) is 0.333. The molecule has 0 aromatic carbocycles. The molecule has 6 nitrogen and oxygen atoms in total. The highest BCUT2D eigenvalue weighted by atomic mass is 16.6. The van der Waals surface area contributed by atoms with Crippen LogP contribution in [-0.2, 0) is 11.8 Å². The zero-order valence-electron chi connectivity index (χ0n) is 6.52. The first-order valence-corrected chi connectivity index (χ1v) is 3.28. The third-order valence-corrected chi connectivity index (χ3v) is 1.19. The number of nitrogens with zero attached hydrogens (tertiary/aromatic N) is 2. The third-order valence-electron chi connectivity index (χ3n) is 1.19. The molecule has 1 heterocycles. The highest BCUT2D eigenvalue weighted by Crippen LogP contribution is 1.95. The van der Waals surface area contributed by atoms with Crippen LogP contribution in [0.3, 0.4) is 0 Å². The fourth-order valence-electron chi connectivity index (χ4n) is 0.696. The van der Waals surface area contributed by atoms with E-state index in [1.165, 1.54) is 10.7 Å². The number of hydrogen-bond acceptors (Lipinski definition) is 5. The molecule has 66 valence electrons. The molecule has 2 N–H and O–H groups in total. The first-order valence-electron chi connectivity index (χ1n) is 3.28. The number of carbonyl (C=O) groups excluding carboxylic acids is 1. The molecule has 0 aliphatic carbocycles. The quantitative estimate of drug-likeness (QED) is 0.364. The van der Waals surface area contributed by atoms with Gasteiger partial charge in [0.15, 0.2) is 12.4 Å². The predicted octanol–water partition coefficient (Wildman–Crippen LogP) is -0.487. The van der Waals surface area contributed by atoms with Gasteiger partial charge in [-0.1, -0.05) is 0 Å². The Bertz CT molecular complexity index is 271. The molecular weight excluding hydrogens is 162 g/mol. The molecule has 0 unspecified atom stereocenters. The second-order valence-electron chi connectivity index (χ2n) is 2.11. The van der Waals surface area contributed by atoms with E-state index in [2.05, 4.69) is 9.84 Å². The van der Waals surface area contributed by atoms with E-state index in [-0.39, 0.29) is 12.4 Å². The zero-order valence-corrected chi connectivity index (χ0v) is 6.52. The molecule has 0 aliphatic heterocycles. The van der Waals surface area contributed by atoms with E-state index in [1.54, 1.807) is 18.7 Å². The lowest BCUT2D eigenvalue weighted by atomic mass is 10.4. The summed E-state index contributed by atoms with van der Waals surface area (Å²) in [4.78, 5) is 11.0. The van der Waals surface area contributed by atoms with Crippen LogP contribution in [0, 0.1) is 0 Å². The second kappa shape index (κ2) is 3.84. The maximum atomic E-state index is 11.0. The van der Waals surface area contributed by atoms with Crippen LogP contribution in [0.2, 0.25) is 0 Å². The molecule has 0 bridgehead atoms. The summed E-state index contributed by atoms with van der Waals surface area (Å²) in [5.41, 5.74) is 1.91. The Morgan fingerprint density at radius 3 is 3.17 bits per heavy atom. The van der Waals surface area contributed by atoms with Crippen molar-refractivity contribution in [2.75, 3.05) is 6.73 Å². The monoisotopic (exact) mass is 171 g/mol. The molecular formula is C6H9N3O3. The van der Waals surface area contributed by atoms with Crippen LogP contribution in [0.1, 0.15) is 10.5 Å². The van der Waals surface area contributed by atoms with Crippen molar-refractivity contribution in [3.8, 4) is 0 Å². The van der Waals surface area contributed by atoms with Crippen LogP contribution in [0.5, 0.6) is 0 Å². The molecule has 0 fully saturated rings. The van der Waals surface area contributed by atoms with Crippen molar-refractivity contribution in [1.29, 1.82) is 0 Å². The molecule has 0 saturated heterocycles. The number of aromatic nitrogens is 2. The van der Waals surface area contributed by atoms with E-state index < -0.39 is 5.97 Å². The Morgan fingerprint density at radius 2 is 2.67 bits per heavy atom. The number of rotatable bonds is 3. The van der Waals surface area contributed by atoms with Gasteiger partial charge in [-0.05, 0) is 6.07 Å². The minimum Gasteiger partial charge on any atom is -0.443 e. The number of aryl methyl sites for hydroxylation is 1. The summed E-state index contributed by atoms with van der Waals surface area (Å²) in [7, 11) is 1.70. The highest BCUT2D eigenvalue weighted by molar-refractivity contribution is 5.86. The SMILES string of the molecule is Cn1ccc(C(=O)OCNO)n1. The highest BCUT2D eigenvalue weighted by Gasteiger charge is 2.08.